The zero-order valence-electron chi connectivity index (χ0n) is 18.7. The summed E-state index contributed by atoms with van der Waals surface area (Å²) in [5.41, 5.74) is 2.67. The van der Waals surface area contributed by atoms with Gasteiger partial charge in [-0.25, -0.2) is 9.78 Å². The molecule has 0 aliphatic heterocycles. The number of aromatic nitrogens is 2. The number of halogens is 1. The predicted molar refractivity (Wildman–Crippen MR) is 125 cm³/mol. The van der Waals surface area contributed by atoms with E-state index in [-0.39, 0.29) is 24.4 Å². The van der Waals surface area contributed by atoms with Gasteiger partial charge in [0.2, 0.25) is 0 Å². The second-order valence-electron chi connectivity index (χ2n) is 8.32. The van der Waals surface area contributed by atoms with Crippen molar-refractivity contribution in [3.8, 4) is 11.3 Å². The Bertz CT molecular complexity index is 1170. The molecule has 0 spiro atoms. The summed E-state index contributed by atoms with van der Waals surface area (Å²) in [6, 6.07) is 10.9. The van der Waals surface area contributed by atoms with Crippen molar-refractivity contribution in [3.05, 3.63) is 65.0 Å². The van der Waals surface area contributed by atoms with E-state index < -0.39 is 18.2 Å². The lowest BCUT2D eigenvalue weighted by Crippen LogP contribution is -2.25. The molecule has 4 atom stereocenters. The first-order valence-electron chi connectivity index (χ1n) is 10.9. The van der Waals surface area contributed by atoms with Gasteiger partial charge in [0.25, 0.3) is 0 Å². The van der Waals surface area contributed by atoms with Crippen LogP contribution in [0.15, 0.2) is 53.4 Å². The second kappa shape index (κ2) is 10.1. The Hall–Kier alpha value is -3.59. The number of carboxylic acid groups (broad SMARTS) is 1. The fourth-order valence-electron chi connectivity index (χ4n) is 3.78. The van der Waals surface area contributed by atoms with Crippen LogP contribution in [-0.2, 0) is 16.1 Å². The predicted octanol–water partition coefficient (Wildman–Crippen LogP) is 4.90. The topological polar surface area (TPSA) is 127 Å². The molecule has 34 heavy (non-hydrogen) atoms. The molecule has 1 fully saturated rings. The Balaban J connectivity index is 1.31. The number of nitrogens with one attached hydrogen (secondary N) is 2. The minimum atomic E-state index is -0.785. The lowest BCUT2D eigenvalue weighted by molar-refractivity contribution is -0.141. The first-order valence-corrected chi connectivity index (χ1v) is 11.3. The van der Waals surface area contributed by atoms with Crippen molar-refractivity contribution in [1.82, 2.24) is 15.5 Å². The third-order valence-electron chi connectivity index (χ3n) is 5.94. The normalized spacial score (nSPS) is 18.6. The van der Waals surface area contributed by atoms with Crippen molar-refractivity contribution in [2.24, 2.45) is 11.8 Å². The van der Waals surface area contributed by atoms with Crippen molar-refractivity contribution in [2.75, 3.05) is 5.32 Å². The van der Waals surface area contributed by atoms with Crippen LogP contribution in [-0.4, -0.2) is 33.4 Å². The molecule has 0 bridgehead atoms. The number of aliphatic carboxylic acids is 1. The van der Waals surface area contributed by atoms with Crippen molar-refractivity contribution < 1.29 is 24.0 Å². The molecule has 1 amide bonds. The van der Waals surface area contributed by atoms with Crippen LogP contribution in [0.3, 0.4) is 0 Å². The average molecular weight is 485 g/mol. The van der Waals surface area contributed by atoms with Gasteiger partial charge in [0, 0.05) is 34.0 Å². The Labute approximate surface area is 201 Å². The van der Waals surface area contributed by atoms with E-state index in [4.69, 9.17) is 26.0 Å². The maximum atomic E-state index is 12.3. The van der Waals surface area contributed by atoms with Crippen molar-refractivity contribution in [2.45, 2.75) is 39.0 Å². The summed E-state index contributed by atoms with van der Waals surface area (Å²) in [4.78, 5) is 27.8. The van der Waals surface area contributed by atoms with E-state index in [0.717, 1.165) is 17.5 Å². The van der Waals surface area contributed by atoms with Crippen molar-refractivity contribution in [1.29, 1.82) is 0 Å². The molecule has 10 heteroatoms. The molecule has 1 aliphatic rings. The number of hydrogen-bond acceptors (Lipinski definition) is 7. The van der Waals surface area contributed by atoms with E-state index in [2.05, 4.69) is 20.8 Å². The summed E-state index contributed by atoms with van der Waals surface area (Å²) < 4.78 is 10.5. The number of carbonyl (C=O) groups is 2. The van der Waals surface area contributed by atoms with Gasteiger partial charge >= 0.3 is 12.1 Å². The number of pyridine rings is 1. The first-order chi connectivity index (χ1) is 16.3. The zero-order valence-corrected chi connectivity index (χ0v) is 19.5. The third kappa shape index (κ3) is 5.48. The maximum Gasteiger partial charge on any atom is 0.408 e. The van der Waals surface area contributed by atoms with Gasteiger partial charge in [-0.15, -0.1) is 0 Å². The van der Waals surface area contributed by atoms with E-state index in [0.29, 0.717) is 22.1 Å². The number of amides is 1. The van der Waals surface area contributed by atoms with Crippen molar-refractivity contribution >= 4 is 29.5 Å². The van der Waals surface area contributed by atoms with Crippen LogP contribution < -0.4 is 10.6 Å². The SMILES string of the molecule is CC(OC(=O)NCc1conc1-c1ccc(NC2CC2C(C)C(=O)O)nc1)c1ccccc1Cl. The van der Waals surface area contributed by atoms with Gasteiger partial charge in [0.05, 0.1) is 12.5 Å². The molecule has 1 aromatic carbocycles. The zero-order chi connectivity index (χ0) is 24.2. The highest BCUT2D eigenvalue weighted by Crippen LogP contribution is 2.39. The summed E-state index contributed by atoms with van der Waals surface area (Å²) in [5, 5.41) is 19.7. The highest BCUT2D eigenvalue weighted by Gasteiger charge is 2.44. The molecule has 1 aliphatic carbocycles. The number of benzene rings is 1. The van der Waals surface area contributed by atoms with E-state index >= 15 is 0 Å². The number of nitrogens with zero attached hydrogens (tertiary/aromatic N) is 2. The molecule has 3 aromatic rings. The second-order valence-corrected chi connectivity index (χ2v) is 8.73. The molecule has 2 aromatic heterocycles. The molecule has 9 nitrogen and oxygen atoms in total. The Morgan fingerprint density at radius 2 is 2.06 bits per heavy atom. The van der Waals surface area contributed by atoms with Gasteiger partial charge in [-0.2, -0.15) is 0 Å². The van der Waals surface area contributed by atoms with Gasteiger partial charge < -0.3 is 25.0 Å². The Kier molecular flexibility index (Phi) is 7.02. The van der Waals surface area contributed by atoms with Crippen LogP contribution >= 0.6 is 11.6 Å². The average Bonchev–Trinajstić information content (AvgIpc) is 3.41. The number of rotatable bonds is 9. The fourth-order valence-corrected chi connectivity index (χ4v) is 4.07. The molecule has 4 rings (SSSR count). The Morgan fingerprint density at radius 3 is 2.76 bits per heavy atom. The molecule has 4 unspecified atom stereocenters. The number of carboxylic acids is 1. The van der Waals surface area contributed by atoms with Crippen LogP contribution in [0.4, 0.5) is 10.6 Å². The molecule has 178 valence electrons. The number of hydrogen-bond donors (Lipinski definition) is 3. The first kappa shape index (κ1) is 23.6. The highest BCUT2D eigenvalue weighted by molar-refractivity contribution is 6.31. The molecule has 0 radical (unpaired) electrons. The highest BCUT2D eigenvalue weighted by atomic mass is 35.5. The molecule has 1 saturated carbocycles. The number of alkyl carbamates (subject to hydrolysis) is 1. The van der Waals surface area contributed by atoms with Gasteiger partial charge in [-0.1, -0.05) is 41.9 Å². The summed E-state index contributed by atoms with van der Waals surface area (Å²) in [7, 11) is 0. The molecule has 2 heterocycles. The maximum absolute atomic E-state index is 12.3. The molecule has 0 saturated heterocycles. The summed E-state index contributed by atoms with van der Waals surface area (Å²) in [6.07, 6.45) is 2.82. The fraction of sp³-hybridized carbons (Fsp3) is 0.333. The number of ether oxygens (including phenoxy) is 1. The van der Waals surface area contributed by atoms with Crippen LogP contribution in [0, 0.1) is 11.8 Å². The quantitative estimate of drug-likeness (QED) is 0.391. The number of carbonyl (C=O) groups excluding carboxylic acids is 1. The third-order valence-corrected chi connectivity index (χ3v) is 6.28. The van der Waals surface area contributed by atoms with Crippen LogP contribution in [0.2, 0.25) is 5.02 Å². The van der Waals surface area contributed by atoms with E-state index in [1.165, 1.54) is 6.26 Å². The minimum absolute atomic E-state index is 0.104. The van der Waals surface area contributed by atoms with Crippen molar-refractivity contribution in [3.63, 3.8) is 0 Å². The van der Waals surface area contributed by atoms with Crippen LogP contribution in [0.1, 0.15) is 37.5 Å². The molecule has 3 N–H and O–H groups in total. The van der Waals surface area contributed by atoms with E-state index in [1.54, 1.807) is 32.2 Å². The lowest BCUT2D eigenvalue weighted by Gasteiger charge is -2.15. The summed E-state index contributed by atoms with van der Waals surface area (Å²) in [5.74, 6) is -0.407. The van der Waals surface area contributed by atoms with Gasteiger partial charge in [-0.05, 0) is 37.5 Å². The monoisotopic (exact) mass is 484 g/mol. The summed E-state index contributed by atoms with van der Waals surface area (Å²) in [6.45, 7) is 3.63. The molecular weight excluding hydrogens is 460 g/mol. The minimum Gasteiger partial charge on any atom is -0.481 e. The molecular formula is C24H25ClN4O5. The largest absolute Gasteiger partial charge is 0.481 e. The van der Waals surface area contributed by atoms with Crippen LogP contribution in [0.5, 0.6) is 0 Å². The smallest absolute Gasteiger partial charge is 0.408 e. The van der Waals surface area contributed by atoms with Crippen LogP contribution in [0.25, 0.3) is 11.3 Å². The lowest BCUT2D eigenvalue weighted by atomic mass is 10.1. The van der Waals surface area contributed by atoms with E-state index in [1.807, 2.05) is 24.3 Å². The van der Waals surface area contributed by atoms with Gasteiger partial charge in [0.1, 0.15) is 23.9 Å². The standard InChI is InChI=1S/C24H25ClN4O5/c1-13(23(30)31)18-9-20(18)28-21-8-7-15(10-26-21)22-16(12-33-29-22)11-27-24(32)34-14(2)17-5-3-4-6-19(17)25/h3-8,10,12-14,18,20H,9,11H2,1-2H3,(H,26,28)(H,27,32)(H,30,31). The van der Waals surface area contributed by atoms with Gasteiger partial charge in [0.15, 0.2) is 0 Å². The van der Waals surface area contributed by atoms with E-state index in [9.17, 15) is 9.59 Å². The Morgan fingerprint density at radius 1 is 1.26 bits per heavy atom. The summed E-state index contributed by atoms with van der Waals surface area (Å²) >= 11 is 6.16. The number of anilines is 1. The van der Waals surface area contributed by atoms with Gasteiger partial charge in [-0.3, -0.25) is 4.79 Å².